The molecule has 1 aliphatic heterocycles. The van der Waals surface area contributed by atoms with E-state index in [1.165, 1.54) is 0 Å². The first-order valence-corrected chi connectivity index (χ1v) is 7.69. The Bertz CT molecular complexity index is 893. The lowest BCUT2D eigenvalue weighted by atomic mass is 10.1. The third-order valence-electron chi connectivity index (χ3n) is 3.73. The van der Waals surface area contributed by atoms with Crippen LogP contribution in [0.3, 0.4) is 0 Å². The first-order valence-electron chi connectivity index (χ1n) is 7.69. The molecule has 1 aliphatic rings. The molecule has 2 aromatic heterocycles. The molecule has 2 N–H and O–H groups in total. The minimum Gasteiger partial charge on any atom is -0.472 e. The van der Waals surface area contributed by atoms with Gasteiger partial charge in [-0.1, -0.05) is 0 Å². The maximum atomic E-state index is 12.1. The number of carbonyl (C=O) groups is 1. The molecule has 7 heteroatoms. The number of furan rings is 1. The second-order valence-electron chi connectivity index (χ2n) is 5.47. The van der Waals surface area contributed by atoms with Gasteiger partial charge < -0.3 is 24.5 Å². The maximum absolute atomic E-state index is 12.1. The van der Waals surface area contributed by atoms with Crippen molar-refractivity contribution in [3.05, 3.63) is 60.8 Å². The van der Waals surface area contributed by atoms with E-state index in [9.17, 15) is 4.79 Å². The topological polar surface area (TPSA) is 85.6 Å². The van der Waals surface area contributed by atoms with Gasteiger partial charge in [0.1, 0.15) is 0 Å². The number of fused-ring (bicyclic) bond motifs is 1. The normalized spacial score (nSPS) is 12.0. The van der Waals surface area contributed by atoms with Crippen LogP contribution in [0, 0.1) is 0 Å². The van der Waals surface area contributed by atoms with Crippen LogP contribution in [-0.2, 0) is 6.54 Å². The number of hydrogen-bond donors (Lipinski definition) is 2. The Balaban J connectivity index is 1.37. The molecule has 0 bridgehead atoms. The SMILES string of the molecule is O=C(NCc1cncc(-c2ccoc2)c1)Nc1ccc2c(c1)OCO2. The average Bonchev–Trinajstić information content (AvgIpc) is 3.31. The Morgan fingerprint density at radius 3 is 2.88 bits per heavy atom. The van der Waals surface area contributed by atoms with Crippen molar-refractivity contribution in [2.24, 2.45) is 0 Å². The second-order valence-corrected chi connectivity index (χ2v) is 5.47. The van der Waals surface area contributed by atoms with Gasteiger partial charge in [0.15, 0.2) is 11.5 Å². The summed E-state index contributed by atoms with van der Waals surface area (Å²) in [5.41, 5.74) is 3.40. The van der Waals surface area contributed by atoms with Crippen LogP contribution in [-0.4, -0.2) is 17.8 Å². The van der Waals surface area contributed by atoms with Crippen molar-refractivity contribution in [3.63, 3.8) is 0 Å². The van der Waals surface area contributed by atoms with Crippen molar-refractivity contribution >= 4 is 11.7 Å². The average molecular weight is 337 g/mol. The number of urea groups is 1. The van der Waals surface area contributed by atoms with E-state index in [2.05, 4.69) is 15.6 Å². The standard InChI is InChI=1S/C18H15N3O4/c22-18(21-15-1-2-16-17(6-15)25-11-24-16)20-8-12-5-14(9-19-7-12)13-3-4-23-10-13/h1-7,9-10H,8,11H2,(H2,20,21,22). The van der Waals surface area contributed by atoms with Crippen LogP contribution in [0.5, 0.6) is 11.5 Å². The molecule has 3 aromatic rings. The fourth-order valence-electron chi connectivity index (χ4n) is 2.50. The minimum atomic E-state index is -0.312. The number of amides is 2. The van der Waals surface area contributed by atoms with E-state index in [1.54, 1.807) is 43.1 Å². The number of nitrogens with zero attached hydrogens (tertiary/aromatic N) is 1. The van der Waals surface area contributed by atoms with E-state index >= 15 is 0 Å². The summed E-state index contributed by atoms with van der Waals surface area (Å²) in [4.78, 5) is 16.3. The maximum Gasteiger partial charge on any atom is 0.319 e. The van der Waals surface area contributed by atoms with E-state index in [1.807, 2.05) is 12.1 Å². The zero-order valence-electron chi connectivity index (χ0n) is 13.2. The number of anilines is 1. The van der Waals surface area contributed by atoms with Gasteiger partial charge in [0.2, 0.25) is 6.79 Å². The fraction of sp³-hybridized carbons (Fsp3) is 0.111. The van der Waals surface area contributed by atoms with Crippen LogP contribution >= 0.6 is 0 Å². The fourth-order valence-corrected chi connectivity index (χ4v) is 2.50. The van der Waals surface area contributed by atoms with Crippen LogP contribution in [0.4, 0.5) is 10.5 Å². The van der Waals surface area contributed by atoms with Gasteiger partial charge in [-0.15, -0.1) is 0 Å². The quantitative estimate of drug-likeness (QED) is 0.762. The van der Waals surface area contributed by atoms with Crippen LogP contribution in [0.15, 0.2) is 59.7 Å². The van der Waals surface area contributed by atoms with Crippen LogP contribution in [0.1, 0.15) is 5.56 Å². The molecule has 7 nitrogen and oxygen atoms in total. The summed E-state index contributed by atoms with van der Waals surface area (Å²) >= 11 is 0. The summed E-state index contributed by atoms with van der Waals surface area (Å²) in [7, 11) is 0. The molecule has 0 aliphatic carbocycles. The van der Waals surface area contributed by atoms with Gasteiger partial charge in [-0.25, -0.2) is 4.79 Å². The van der Waals surface area contributed by atoms with Crippen LogP contribution in [0.25, 0.3) is 11.1 Å². The van der Waals surface area contributed by atoms with Crippen molar-refractivity contribution in [2.45, 2.75) is 6.54 Å². The monoisotopic (exact) mass is 337 g/mol. The van der Waals surface area contributed by atoms with Gasteiger partial charge in [0, 0.05) is 41.8 Å². The highest BCUT2D eigenvalue weighted by molar-refractivity contribution is 5.89. The molecule has 1 aromatic carbocycles. The number of rotatable bonds is 4. The van der Waals surface area contributed by atoms with Gasteiger partial charge in [-0.05, 0) is 29.8 Å². The first-order chi connectivity index (χ1) is 12.3. The van der Waals surface area contributed by atoms with Crippen molar-refractivity contribution < 1.29 is 18.7 Å². The predicted molar refractivity (Wildman–Crippen MR) is 90.4 cm³/mol. The molecule has 0 unspecified atom stereocenters. The molecular weight excluding hydrogens is 322 g/mol. The molecule has 4 rings (SSSR count). The molecule has 0 saturated carbocycles. The van der Waals surface area contributed by atoms with Crippen LogP contribution in [0.2, 0.25) is 0 Å². The predicted octanol–water partition coefficient (Wildman–Crippen LogP) is 3.39. The van der Waals surface area contributed by atoms with Gasteiger partial charge in [0.05, 0.1) is 12.5 Å². The second kappa shape index (κ2) is 6.56. The molecular formula is C18H15N3O4. The van der Waals surface area contributed by atoms with Crippen molar-refractivity contribution in [1.82, 2.24) is 10.3 Å². The molecule has 0 spiro atoms. The Kier molecular flexibility index (Phi) is 3.96. The number of carbonyl (C=O) groups excluding carboxylic acids is 1. The molecule has 25 heavy (non-hydrogen) atoms. The molecule has 0 fully saturated rings. The summed E-state index contributed by atoms with van der Waals surface area (Å²) in [5, 5.41) is 5.57. The number of aromatic nitrogens is 1. The van der Waals surface area contributed by atoms with Crippen molar-refractivity contribution in [2.75, 3.05) is 12.1 Å². The number of hydrogen-bond acceptors (Lipinski definition) is 5. The highest BCUT2D eigenvalue weighted by atomic mass is 16.7. The number of pyridine rings is 1. The Labute approximate surface area is 143 Å². The zero-order valence-corrected chi connectivity index (χ0v) is 13.2. The third kappa shape index (κ3) is 3.40. The van der Waals surface area contributed by atoms with E-state index in [0.29, 0.717) is 23.7 Å². The van der Waals surface area contributed by atoms with Crippen molar-refractivity contribution in [3.8, 4) is 22.6 Å². The number of ether oxygens (including phenoxy) is 2. The Hall–Kier alpha value is -3.48. The molecule has 126 valence electrons. The molecule has 3 heterocycles. The largest absolute Gasteiger partial charge is 0.472 e. The molecule has 0 saturated heterocycles. The lowest BCUT2D eigenvalue weighted by molar-refractivity contribution is 0.174. The Morgan fingerprint density at radius 2 is 2.00 bits per heavy atom. The van der Waals surface area contributed by atoms with E-state index in [0.717, 1.165) is 16.7 Å². The van der Waals surface area contributed by atoms with Crippen molar-refractivity contribution in [1.29, 1.82) is 0 Å². The molecule has 2 amide bonds. The van der Waals surface area contributed by atoms with E-state index < -0.39 is 0 Å². The third-order valence-corrected chi connectivity index (χ3v) is 3.73. The summed E-state index contributed by atoms with van der Waals surface area (Å²) in [6, 6.07) is 8.75. The highest BCUT2D eigenvalue weighted by Gasteiger charge is 2.14. The Morgan fingerprint density at radius 1 is 1.08 bits per heavy atom. The smallest absolute Gasteiger partial charge is 0.319 e. The lowest BCUT2D eigenvalue weighted by Gasteiger charge is -2.09. The summed E-state index contributed by atoms with van der Waals surface area (Å²) < 4.78 is 15.6. The summed E-state index contributed by atoms with van der Waals surface area (Å²) in [5.74, 6) is 1.29. The van der Waals surface area contributed by atoms with Gasteiger partial charge >= 0.3 is 6.03 Å². The summed E-state index contributed by atoms with van der Waals surface area (Å²) in [6.07, 6.45) is 6.73. The van der Waals surface area contributed by atoms with Gasteiger partial charge in [0.25, 0.3) is 0 Å². The van der Waals surface area contributed by atoms with E-state index in [4.69, 9.17) is 13.9 Å². The van der Waals surface area contributed by atoms with E-state index in [-0.39, 0.29) is 12.8 Å². The number of benzene rings is 1. The summed E-state index contributed by atoms with van der Waals surface area (Å²) in [6.45, 7) is 0.556. The minimum absolute atomic E-state index is 0.199. The first kappa shape index (κ1) is 15.1. The lowest BCUT2D eigenvalue weighted by Crippen LogP contribution is -2.28. The highest BCUT2D eigenvalue weighted by Crippen LogP contribution is 2.34. The van der Waals surface area contributed by atoms with Gasteiger partial charge in [-0.2, -0.15) is 0 Å². The zero-order chi connectivity index (χ0) is 17.1. The van der Waals surface area contributed by atoms with Crippen LogP contribution < -0.4 is 20.1 Å². The number of nitrogens with one attached hydrogen (secondary N) is 2. The van der Waals surface area contributed by atoms with Gasteiger partial charge in [-0.3, -0.25) is 4.98 Å². The molecule has 0 atom stereocenters. The molecule has 0 radical (unpaired) electrons.